The molecular weight excluding hydrogens is 204 g/mol. The van der Waals surface area contributed by atoms with E-state index in [0.717, 1.165) is 22.5 Å². The summed E-state index contributed by atoms with van der Waals surface area (Å²) in [6.45, 7) is 4.63. The number of aromatic nitrogens is 4. The van der Waals surface area contributed by atoms with Gasteiger partial charge in [0.25, 0.3) is 0 Å². The van der Waals surface area contributed by atoms with E-state index >= 15 is 0 Å². The average Bonchev–Trinajstić information content (AvgIpc) is 2.74. The summed E-state index contributed by atoms with van der Waals surface area (Å²) in [6, 6.07) is 0. The van der Waals surface area contributed by atoms with Crippen molar-refractivity contribution in [3.8, 4) is 0 Å². The summed E-state index contributed by atoms with van der Waals surface area (Å²) < 4.78 is 3.67. The number of aliphatic hydroxyl groups is 1. The van der Waals surface area contributed by atoms with Gasteiger partial charge in [-0.3, -0.25) is 9.36 Å². The van der Waals surface area contributed by atoms with Gasteiger partial charge in [-0.05, 0) is 13.8 Å². The zero-order chi connectivity index (χ0) is 11.7. The highest BCUT2D eigenvalue weighted by Crippen LogP contribution is 2.14. The molecule has 0 fully saturated rings. The predicted molar refractivity (Wildman–Crippen MR) is 59.9 cm³/mol. The molecule has 16 heavy (non-hydrogen) atoms. The van der Waals surface area contributed by atoms with E-state index < -0.39 is 0 Å². The molecule has 0 saturated heterocycles. The summed E-state index contributed by atoms with van der Waals surface area (Å²) in [5, 5.41) is 17.7. The first-order valence-corrected chi connectivity index (χ1v) is 5.23. The molecule has 0 unspecified atom stereocenters. The Labute approximate surface area is 94.3 Å². The molecule has 0 aliphatic carbocycles. The molecule has 2 rings (SSSR count). The maximum atomic E-state index is 9.21. The van der Waals surface area contributed by atoms with Crippen LogP contribution in [-0.2, 0) is 20.2 Å². The van der Waals surface area contributed by atoms with Crippen molar-refractivity contribution in [2.75, 3.05) is 0 Å². The summed E-state index contributed by atoms with van der Waals surface area (Å²) in [6.07, 6.45) is 3.80. The monoisotopic (exact) mass is 220 g/mol. The van der Waals surface area contributed by atoms with Crippen LogP contribution in [0.2, 0.25) is 0 Å². The van der Waals surface area contributed by atoms with E-state index in [1.165, 1.54) is 0 Å². The normalized spacial score (nSPS) is 11.0. The standard InChI is InChI=1S/C11H16N4O/c1-8-11(7-16)9(2)15(13-8)6-10-4-12-14(3)5-10/h4-5,16H,6-7H2,1-3H3. The van der Waals surface area contributed by atoms with Gasteiger partial charge in [-0.15, -0.1) is 0 Å². The Morgan fingerprint density at radius 1 is 1.38 bits per heavy atom. The summed E-state index contributed by atoms with van der Waals surface area (Å²) in [5.41, 5.74) is 3.94. The van der Waals surface area contributed by atoms with Crippen molar-refractivity contribution in [2.45, 2.75) is 27.0 Å². The minimum absolute atomic E-state index is 0.0463. The fraction of sp³-hybridized carbons (Fsp3) is 0.455. The molecule has 0 aliphatic heterocycles. The fourth-order valence-corrected chi connectivity index (χ4v) is 1.84. The first kappa shape index (κ1) is 10.9. The van der Waals surface area contributed by atoms with Crippen LogP contribution in [0.25, 0.3) is 0 Å². The second kappa shape index (κ2) is 4.09. The van der Waals surface area contributed by atoms with Gasteiger partial charge in [0.05, 0.1) is 25.0 Å². The summed E-state index contributed by atoms with van der Waals surface area (Å²) >= 11 is 0. The van der Waals surface area contributed by atoms with Gasteiger partial charge in [-0.25, -0.2) is 0 Å². The molecule has 2 aromatic heterocycles. The molecule has 86 valence electrons. The van der Waals surface area contributed by atoms with Crippen LogP contribution in [0.5, 0.6) is 0 Å². The lowest BCUT2D eigenvalue weighted by Crippen LogP contribution is -2.03. The molecule has 0 aliphatic rings. The predicted octanol–water partition coefficient (Wildman–Crippen LogP) is 0.774. The van der Waals surface area contributed by atoms with E-state index in [0.29, 0.717) is 6.54 Å². The lowest BCUT2D eigenvalue weighted by molar-refractivity contribution is 0.280. The zero-order valence-corrected chi connectivity index (χ0v) is 9.80. The molecule has 2 aromatic rings. The molecule has 0 spiro atoms. The van der Waals surface area contributed by atoms with Gasteiger partial charge in [0.1, 0.15) is 0 Å². The highest BCUT2D eigenvalue weighted by molar-refractivity contribution is 5.24. The SMILES string of the molecule is Cc1nn(Cc2cnn(C)c2)c(C)c1CO. The third-order valence-electron chi connectivity index (χ3n) is 2.78. The Morgan fingerprint density at radius 2 is 2.12 bits per heavy atom. The number of aliphatic hydroxyl groups excluding tert-OH is 1. The number of hydrogen-bond acceptors (Lipinski definition) is 3. The van der Waals surface area contributed by atoms with Crippen molar-refractivity contribution in [3.05, 3.63) is 34.9 Å². The summed E-state index contributed by atoms with van der Waals surface area (Å²) in [4.78, 5) is 0. The number of rotatable bonds is 3. The minimum Gasteiger partial charge on any atom is -0.392 e. The highest BCUT2D eigenvalue weighted by Gasteiger charge is 2.10. The van der Waals surface area contributed by atoms with Crippen molar-refractivity contribution < 1.29 is 5.11 Å². The quantitative estimate of drug-likeness (QED) is 0.831. The Bertz CT molecular complexity index is 498. The van der Waals surface area contributed by atoms with Gasteiger partial charge in [-0.1, -0.05) is 0 Å². The molecule has 2 heterocycles. The van der Waals surface area contributed by atoms with Gasteiger partial charge in [0.15, 0.2) is 0 Å². The summed E-state index contributed by atoms with van der Waals surface area (Å²) in [5.74, 6) is 0. The molecule has 0 amide bonds. The van der Waals surface area contributed by atoms with Crippen LogP contribution < -0.4 is 0 Å². The Morgan fingerprint density at radius 3 is 2.62 bits per heavy atom. The molecule has 0 bridgehead atoms. The van der Waals surface area contributed by atoms with E-state index in [1.807, 2.05) is 38.0 Å². The van der Waals surface area contributed by atoms with Crippen LogP contribution >= 0.6 is 0 Å². The van der Waals surface area contributed by atoms with E-state index in [9.17, 15) is 5.11 Å². The topological polar surface area (TPSA) is 55.9 Å². The van der Waals surface area contributed by atoms with Gasteiger partial charge in [0.2, 0.25) is 0 Å². The zero-order valence-electron chi connectivity index (χ0n) is 9.80. The van der Waals surface area contributed by atoms with Gasteiger partial charge in [-0.2, -0.15) is 10.2 Å². The van der Waals surface area contributed by atoms with E-state index in [4.69, 9.17) is 0 Å². The Kier molecular flexibility index (Phi) is 2.78. The number of nitrogens with zero attached hydrogens (tertiary/aromatic N) is 4. The largest absolute Gasteiger partial charge is 0.392 e. The number of aryl methyl sites for hydroxylation is 2. The lowest BCUT2D eigenvalue weighted by Gasteiger charge is -2.02. The van der Waals surface area contributed by atoms with Crippen LogP contribution in [0.1, 0.15) is 22.5 Å². The second-order valence-corrected chi connectivity index (χ2v) is 3.99. The van der Waals surface area contributed by atoms with Crippen LogP contribution in [0, 0.1) is 13.8 Å². The minimum atomic E-state index is 0.0463. The van der Waals surface area contributed by atoms with Crippen molar-refractivity contribution in [3.63, 3.8) is 0 Å². The van der Waals surface area contributed by atoms with Crippen molar-refractivity contribution >= 4 is 0 Å². The van der Waals surface area contributed by atoms with Crippen molar-refractivity contribution in [1.82, 2.24) is 19.6 Å². The van der Waals surface area contributed by atoms with E-state index in [1.54, 1.807) is 4.68 Å². The van der Waals surface area contributed by atoms with Gasteiger partial charge in [0, 0.05) is 30.1 Å². The molecule has 5 heteroatoms. The summed E-state index contributed by atoms with van der Waals surface area (Å²) in [7, 11) is 1.89. The first-order valence-electron chi connectivity index (χ1n) is 5.23. The van der Waals surface area contributed by atoms with Crippen molar-refractivity contribution in [2.24, 2.45) is 7.05 Å². The third kappa shape index (κ3) is 1.86. The van der Waals surface area contributed by atoms with Crippen LogP contribution in [0.3, 0.4) is 0 Å². The molecular formula is C11H16N4O. The van der Waals surface area contributed by atoms with E-state index in [-0.39, 0.29) is 6.61 Å². The third-order valence-corrected chi connectivity index (χ3v) is 2.78. The second-order valence-electron chi connectivity index (χ2n) is 3.99. The van der Waals surface area contributed by atoms with Gasteiger partial charge >= 0.3 is 0 Å². The Balaban J connectivity index is 2.28. The molecule has 0 aromatic carbocycles. The molecule has 0 radical (unpaired) electrons. The first-order chi connectivity index (χ1) is 7.61. The molecule has 1 N–H and O–H groups in total. The lowest BCUT2D eigenvalue weighted by atomic mass is 10.2. The maximum Gasteiger partial charge on any atom is 0.0718 e. The molecule has 0 saturated carbocycles. The Hall–Kier alpha value is -1.62. The van der Waals surface area contributed by atoms with E-state index in [2.05, 4.69) is 10.2 Å². The average molecular weight is 220 g/mol. The smallest absolute Gasteiger partial charge is 0.0718 e. The highest BCUT2D eigenvalue weighted by atomic mass is 16.3. The fourth-order valence-electron chi connectivity index (χ4n) is 1.84. The molecule has 5 nitrogen and oxygen atoms in total. The van der Waals surface area contributed by atoms with Crippen LogP contribution in [0.4, 0.5) is 0 Å². The number of hydrogen-bond donors (Lipinski definition) is 1. The van der Waals surface area contributed by atoms with Crippen molar-refractivity contribution in [1.29, 1.82) is 0 Å². The maximum absolute atomic E-state index is 9.21. The van der Waals surface area contributed by atoms with Gasteiger partial charge < -0.3 is 5.11 Å². The van der Waals surface area contributed by atoms with Crippen LogP contribution in [0.15, 0.2) is 12.4 Å². The molecule has 0 atom stereocenters. The van der Waals surface area contributed by atoms with Crippen LogP contribution in [-0.4, -0.2) is 24.7 Å².